The van der Waals surface area contributed by atoms with Gasteiger partial charge in [-0.2, -0.15) is 0 Å². The van der Waals surface area contributed by atoms with Crippen molar-refractivity contribution < 1.29 is 9.59 Å². The van der Waals surface area contributed by atoms with Crippen LogP contribution in [-0.4, -0.2) is 35.8 Å². The SMILES string of the molecule is C[C@@H]1CCCN(C(=O)[C@@H](Cc2ccccc2)NC(=O)c2ccccc2)C1. The fourth-order valence-corrected chi connectivity index (χ4v) is 3.49. The molecule has 0 radical (unpaired) electrons. The maximum Gasteiger partial charge on any atom is 0.251 e. The normalized spacial score (nSPS) is 18.2. The Morgan fingerprint density at radius 3 is 2.38 bits per heavy atom. The Hall–Kier alpha value is -2.62. The number of likely N-dealkylation sites (tertiary alicyclic amines) is 1. The molecule has 4 nitrogen and oxygen atoms in total. The van der Waals surface area contributed by atoms with E-state index in [2.05, 4.69) is 12.2 Å². The third kappa shape index (κ3) is 4.72. The lowest BCUT2D eigenvalue weighted by atomic mass is 9.98. The number of carbonyl (C=O) groups excluding carboxylic acids is 2. The molecule has 26 heavy (non-hydrogen) atoms. The first-order valence-corrected chi connectivity index (χ1v) is 9.32. The summed E-state index contributed by atoms with van der Waals surface area (Å²) in [6, 6.07) is 18.4. The van der Waals surface area contributed by atoms with Gasteiger partial charge in [0, 0.05) is 25.1 Å². The largest absolute Gasteiger partial charge is 0.341 e. The van der Waals surface area contributed by atoms with Crippen LogP contribution in [0.4, 0.5) is 0 Å². The summed E-state index contributed by atoms with van der Waals surface area (Å²) in [6.07, 6.45) is 2.68. The average Bonchev–Trinajstić information content (AvgIpc) is 2.68. The van der Waals surface area contributed by atoms with E-state index in [-0.39, 0.29) is 11.8 Å². The third-order valence-corrected chi connectivity index (χ3v) is 4.89. The zero-order valence-corrected chi connectivity index (χ0v) is 15.2. The van der Waals surface area contributed by atoms with Crippen molar-refractivity contribution >= 4 is 11.8 Å². The van der Waals surface area contributed by atoms with Crippen LogP contribution >= 0.6 is 0 Å². The van der Waals surface area contributed by atoms with Crippen molar-refractivity contribution in [2.75, 3.05) is 13.1 Å². The minimum Gasteiger partial charge on any atom is -0.341 e. The molecular formula is C22H26N2O2. The van der Waals surface area contributed by atoms with Crippen molar-refractivity contribution in [2.45, 2.75) is 32.2 Å². The summed E-state index contributed by atoms with van der Waals surface area (Å²) in [5.41, 5.74) is 1.62. The number of benzene rings is 2. The highest BCUT2D eigenvalue weighted by Crippen LogP contribution is 2.17. The van der Waals surface area contributed by atoms with Gasteiger partial charge in [-0.15, -0.1) is 0 Å². The van der Waals surface area contributed by atoms with E-state index >= 15 is 0 Å². The van der Waals surface area contributed by atoms with Gasteiger partial charge in [-0.05, 0) is 36.5 Å². The first-order valence-electron chi connectivity index (χ1n) is 9.32. The molecule has 1 aliphatic rings. The predicted molar refractivity (Wildman–Crippen MR) is 103 cm³/mol. The lowest BCUT2D eigenvalue weighted by Crippen LogP contribution is -2.52. The van der Waals surface area contributed by atoms with Gasteiger partial charge in [0.25, 0.3) is 5.91 Å². The smallest absolute Gasteiger partial charge is 0.251 e. The lowest BCUT2D eigenvalue weighted by Gasteiger charge is -2.34. The number of nitrogens with zero attached hydrogens (tertiary/aromatic N) is 1. The van der Waals surface area contributed by atoms with Crippen LogP contribution in [0, 0.1) is 5.92 Å². The molecule has 1 saturated heterocycles. The Balaban J connectivity index is 1.76. The van der Waals surface area contributed by atoms with E-state index in [0.717, 1.165) is 31.5 Å². The van der Waals surface area contributed by atoms with Gasteiger partial charge in [0.1, 0.15) is 6.04 Å². The molecule has 0 spiro atoms. The second-order valence-corrected chi connectivity index (χ2v) is 7.11. The number of rotatable bonds is 5. The molecule has 3 rings (SSSR count). The fourth-order valence-electron chi connectivity index (χ4n) is 3.49. The molecule has 0 aromatic heterocycles. The second-order valence-electron chi connectivity index (χ2n) is 7.11. The van der Waals surface area contributed by atoms with Gasteiger partial charge in [0.15, 0.2) is 0 Å². The number of hydrogen-bond donors (Lipinski definition) is 1. The monoisotopic (exact) mass is 350 g/mol. The van der Waals surface area contributed by atoms with Gasteiger partial charge < -0.3 is 10.2 Å². The zero-order chi connectivity index (χ0) is 18.4. The van der Waals surface area contributed by atoms with Crippen LogP contribution in [0.5, 0.6) is 0 Å². The summed E-state index contributed by atoms with van der Waals surface area (Å²) in [6.45, 7) is 3.72. The van der Waals surface area contributed by atoms with Crippen molar-refractivity contribution in [3.63, 3.8) is 0 Å². The summed E-state index contributed by atoms with van der Waals surface area (Å²) in [5, 5.41) is 2.96. The van der Waals surface area contributed by atoms with Gasteiger partial charge >= 0.3 is 0 Å². The highest BCUT2D eigenvalue weighted by molar-refractivity contribution is 5.97. The zero-order valence-electron chi connectivity index (χ0n) is 15.2. The minimum atomic E-state index is -0.546. The summed E-state index contributed by atoms with van der Waals surface area (Å²) in [5.74, 6) is 0.324. The molecule has 0 bridgehead atoms. The molecule has 1 heterocycles. The van der Waals surface area contributed by atoms with Crippen LogP contribution in [0.3, 0.4) is 0 Å². The maximum absolute atomic E-state index is 13.1. The molecular weight excluding hydrogens is 324 g/mol. The standard InChI is InChI=1S/C22H26N2O2/c1-17-9-8-14-24(16-17)22(26)20(15-18-10-4-2-5-11-18)23-21(25)19-12-6-3-7-13-19/h2-7,10-13,17,20H,8-9,14-16H2,1H3,(H,23,25)/t17-,20-/m1/s1. The van der Waals surface area contributed by atoms with Gasteiger partial charge in [0.2, 0.25) is 5.91 Å². The van der Waals surface area contributed by atoms with Crippen molar-refractivity contribution in [3.05, 3.63) is 71.8 Å². The van der Waals surface area contributed by atoms with E-state index in [9.17, 15) is 9.59 Å². The van der Waals surface area contributed by atoms with E-state index in [1.807, 2.05) is 53.4 Å². The lowest BCUT2D eigenvalue weighted by molar-refractivity contribution is -0.134. The maximum atomic E-state index is 13.1. The van der Waals surface area contributed by atoms with E-state index < -0.39 is 6.04 Å². The molecule has 2 aromatic carbocycles. The molecule has 0 unspecified atom stereocenters. The Labute approximate surface area is 155 Å². The fraction of sp³-hybridized carbons (Fsp3) is 0.364. The van der Waals surface area contributed by atoms with Gasteiger partial charge in [-0.3, -0.25) is 9.59 Å². The van der Waals surface area contributed by atoms with E-state index in [1.54, 1.807) is 12.1 Å². The topological polar surface area (TPSA) is 49.4 Å². The first-order chi connectivity index (χ1) is 12.6. The summed E-state index contributed by atoms with van der Waals surface area (Å²) < 4.78 is 0. The molecule has 2 amide bonds. The van der Waals surface area contributed by atoms with Crippen molar-refractivity contribution in [3.8, 4) is 0 Å². The highest BCUT2D eigenvalue weighted by Gasteiger charge is 2.29. The van der Waals surface area contributed by atoms with Crippen molar-refractivity contribution in [2.24, 2.45) is 5.92 Å². The van der Waals surface area contributed by atoms with Crippen LogP contribution in [-0.2, 0) is 11.2 Å². The Bertz CT molecular complexity index is 730. The summed E-state index contributed by atoms with van der Waals surface area (Å²) in [4.78, 5) is 27.7. The summed E-state index contributed by atoms with van der Waals surface area (Å²) in [7, 11) is 0. The van der Waals surface area contributed by atoms with Crippen LogP contribution in [0.15, 0.2) is 60.7 Å². The third-order valence-electron chi connectivity index (χ3n) is 4.89. The van der Waals surface area contributed by atoms with E-state index in [1.165, 1.54) is 0 Å². The summed E-state index contributed by atoms with van der Waals surface area (Å²) >= 11 is 0. The van der Waals surface area contributed by atoms with Crippen LogP contribution < -0.4 is 5.32 Å². The first kappa shape index (κ1) is 18.2. The van der Waals surface area contributed by atoms with Gasteiger partial charge in [-0.25, -0.2) is 0 Å². The molecule has 0 saturated carbocycles. The molecule has 136 valence electrons. The minimum absolute atomic E-state index is 0.0182. The number of piperidine rings is 1. The molecule has 0 aliphatic carbocycles. The number of amides is 2. The number of carbonyl (C=O) groups is 2. The Morgan fingerprint density at radius 2 is 1.73 bits per heavy atom. The highest BCUT2D eigenvalue weighted by atomic mass is 16.2. The van der Waals surface area contributed by atoms with Crippen molar-refractivity contribution in [1.29, 1.82) is 0 Å². The van der Waals surface area contributed by atoms with Gasteiger partial charge in [-0.1, -0.05) is 55.5 Å². The van der Waals surface area contributed by atoms with E-state index in [0.29, 0.717) is 17.9 Å². The molecule has 1 N–H and O–H groups in total. The number of nitrogens with one attached hydrogen (secondary N) is 1. The second kappa shape index (κ2) is 8.65. The van der Waals surface area contributed by atoms with E-state index in [4.69, 9.17) is 0 Å². The Kier molecular flexibility index (Phi) is 6.05. The van der Waals surface area contributed by atoms with Crippen LogP contribution in [0.25, 0.3) is 0 Å². The van der Waals surface area contributed by atoms with Crippen LogP contribution in [0.1, 0.15) is 35.7 Å². The average molecular weight is 350 g/mol. The predicted octanol–water partition coefficient (Wildman–Crippen LogP) is 3.29. The van der Waals surface area contributed by atoms with Crippen molar-refractivity contribution in [1.82, 2.24) is 10.2 Å². The molecule has 1 fully saturated rings. The number of hydrogen-bond acceptors (Lipinski definition) is 2. The Morgan fingerprint density at radius 1 is 1.08 bits per heavy atom. The molecule has 2 atom stereocenters. The quantitative estimate of drug-likeness (QED) is 0.900. The molecule has 1 aliphatic heterocycles. The van der Waals surface area contributed by atoms with Crippen LogP contribution in [0.2, 0.25) is 0 Å². The molecule has 2 aromatic rings. The molecule has 4 heteroatoms. The van der Waals surface area contributed by atoms with Gasteiger partial charge in [0.05, 0.1) is 0 Å².